The van der Waals surface area contributed by atoms with Gasteiger partial charge in [0.25, 0.3) is 0 Å². The average molecular weight is 488 g/mol. The molecule has 0 bridgehead atoms. The van der Waals surface area contributed by atoms with Gasteiger partial charge in [-0.1, -0.05) is 43.0 Å². The van der Waals surface area contributed by atoms with Crippen molar-refractivity contribution in [3.05, 3.63) is 84.2 Å². The Morgan fingerprint density at radius 2 is 1.63 bits per heavy atom. The molecule has 7 nitrogen and oxygen atoms in total. The Morgan fingerprint density at radius 3 is 2.29 bits per heavy atom. The van der Waals surface area contributed by atoms with Crippen molar-refractivity contribution in [3.8, 4) is 22.8 Å². The molecule has 0 aliphatic carbocycles. The molecular weight excluding hydrogens is 458 g/mol. The Kier molecular flexibility index (Phi) is 8.15. The van der Waals surface area contributed by atoms with Gasteiger partial charge in [0.2, 0.25) is 5.91 Å². The topological polar surface area (TPSA) is 73.1 Å². The number of carbonyl (C=O) groups excluding carboxylic acids is 1. The van der Waals surface area contributed by atoms with Gasteiger partial charge in [-0.2, -0.15) is 0 Å². The molecule has 2 aromatic carbocycles. The van der Waals surface area contributed by atoms with E-state index in [0.29, 0.717) is 24.1 Å². The van der Waals surface area contributed by atoms with Crippen LogP contribution in [0.4, 0.5) is 0 Å². The van der Waals surface area contributed by atoms with Gasteiger partial charge in [-0.3, -0.25) is 14.3 Å². The zero-order valence-electron chi connectivity index (χ0n) is 20.2. The van der Waals surface area contributed by atoms with Crippen molar-refractivity contribution in [3.63, 3.8) is 0 Å². The number of amides is 1. The van der Waals surface area contributed by atoms with Gasteiger partial charge in [0.1, 0.15) is 5.75 Å². The molecule has 2 heterocycles. The van der Waals surface area contributed by atoms with E-state index >= 15 is 0 Å². The van der Waals surface area contributed by atoms with Crippen molar-refractivity contribution in [2.45, 2.75) is 32.0 Å². The van der Waals surface area contributed by atoms with Crippen LogP contribution in [0.25, 0.3) is 17.1 Å². The summed E-state index contributed by atoms with van der Waals surface area (Å²) in [5.74, 6) is 1.78. The zero-order valence-corrected chi connectivity index (χ0v) is 21.0. The minimum Gasteiger partial charge on any atom is -0.494 e. The van der Waals surface area contributed by atoms with Crippen LogP contribution in [0.2, 0.25) is 0 Å². The molecule has 1 amide bonds. The Bertz CT molecular complexity index is 1240. The number of aromatic nitrogens is 4. The molecule has 0 aliphatic rings. The summed E-state index contributed by atoms with van der Waals surface area (Å²) in [5, 5.41) is 9.50. The first-order valence-electron chi connectivity index (χ1n) is 11.6. The minimum absolute atomic E-state index is 0.0290. The van der Waals surface area contributed by atoms with E-state index in [9.17, 15) is 4.79 Å². The molecule has 0 fully saturated rings. The highest BCUT2D eigenvalue weighted by atomic mass is 32.2. The molecule has 180 valence electrons. The van der Waals surface area contributed by atoms with Crippen LogP contribution in [0.3, 0.4) is 0 Å². The van der Waals surface area contributed by atoms with E-state index in [1.807, 2.05) is 54.9 Å². The van der Waals surface area contributed by atoms with Crippen molar-refractivity contribution in [2.24, 2.45) is 0 Å². The maximum atomic E-state index is 12.9. The van der Waals surface area contributed by atoms with E-state index in [0.717, 1.165) is 29.0 Å². The van der Waals surface area contributed by atoms with Crippen LogP contribution >= 0.6 is 11.8 Å². The largest absolute Gasteiger partial charge is 0.494 e. The third-order valence-corrected chi connectivity index (χ3v) is 6.49. The van der Waals surface area contributed by atoms with Gasteiger partial charge < -0.3 is 9.64 Å². The standard InChI is InChI=1S/C27H29N5O2S/c1-4-20-6-8-21(9-7-20)18-31(3)25(33)19-35-27-30-29-26(22-14-16-28-17-15-22)32(27)23-10-12-24(13-11-23)34-5-2/h6-17H,4-5,18-19H2,1-3H3. The fourth-order valence-corrected chi connectivity index (χ4v) is 4.51. The first-order valence-corrected chi connectivity index (χ1v) is 12.6. The van der Waals surface area contributed by atoms with Gasteiger partial charge in [-0.25, -0.2) is 0 Å². The van der Waals surface area contributed by atoms with E-state index in [2.05, 4.69) is 46.4 Å². The van der Waals surface area contributed by atoms with E-state index in [4.69, 9.17) is 4.74 Å². The molecule has 0 N–H and O–H groups in total. The molecule has 8 heteroatoms. The van der Waals surface area contributed by atoms with Gasteiger partial charge in [-0.05, 0) is 60.9 Å². The number of pyridine rings is 1. The average Bonchev–Trinajstić information content (AvgIpc) is 3.33. The third kappa shape index (κ3) is 6.08. The van der Waals surface area contributed by atoms with Crippen LogP contribution in [-0.4, -0.2) is 50.0 Å². The lowest BCUT2D eigenvalue weighted by Gasteiger charge is -2.17. The summed E-state index contributed by atoms with van der Waals surface area (Å²) in [5.41, 5.74) is 4.19. The fourth-order valence-electron chi connectivity index (χ4n) is 3.62. The van der Waals surface area contributed by atoms with Gasteiger partial charge >= 0.3 is 0 Å². The highest BCUT2D eigenvalue weighted by Crippen LogP contribution is 2.29. The molecule has 0 saturated carbocycles. The Morgan fingerprint density at radius 1 is 0.943 bits per heavy atom. The molecule has 0 aliphatic heterocycles. The van der Waals surface area contributed by atoms with Gasteiger partial charge in [0, 0.05) is 37.2 Å². The summed E-state index contributed by atoms with van der Waals surface area (Å²) in [6.45, 7) is 5.26. The van der Waals surface area contributed by atoms with Crippen molar-refractivity contribution >= 4 is 17.7 Å². The van der Waals surface area contributed by atoms with Crippen molar-refractivity contribution < 1.29 is 9.53 Å². The van der Waals surface area contributed by atoms with Crippen molar-refractivity contribution in [1.29, 1.82) is 0 Å². The molecule has 2 aromatic heterocycles. The van der Waals surface area contributed by atoms with Crippen LogP contribution in [-0.2, 0) is 17.8 Å². The Labute approximate surface area is 210 Å². The normalized spacial score (nSPS) is 10.8. The number of hydrogen-bond donors (Lipinski definition) is 0. The highest BCUT2D eigenvalue weighted by molar-refractivity contribution is 7.99. The second-order valence-corrected chi connectivity index (χ2v) is 8.96. The van der Waals surface area contributed by atoms with Crippen LogP contribution in [0.15, 0.2) is 78.2 Å². The van der Waals surface area contributed by atoms with Crippen molar-refractivity contribution in [2.75, 3.05) is 19.4 Å². The van der Waals surface area contributed by atoms with Gasteiger partial charge in [0.15, 0.2) is 11.0 Å². The molecule has 0 spiro atoms. The van der Waals surface area contributed by atoms with E-state index in [1.165, 1.54) is 17.3 Å². The number of carbonyl (C=O) groups is 1. The second kappa shape index (κ2) is 11.7. The molecular formula is C27H29N5O2S. The maximum Gasteiger partial charge on any atom is 0.233 e. The van der Waals surface area contributed by atoms with Crippen LogP contribution in [0.1, 0.15) is 25.0 Å². The number of benzene rings is 2. The van der Waals surface area contributed by atoms with Crippen molar-refractivity contribution in [1.82, 2.24) is 24.6 Å². The van der Waals surface area contributed by atoms with Gasteiger partial charge in [-0.15, -0.1) is 10.2 Å². The summed E-state index contributed by atoms with van der Waals surface area (Å²) in [7, 11) is 1.83. The van der Waals surface area contributed by atoms with Crippen LogP contribution in [0, 0.1) is 0 Å². The third-order valence-electron chi connectivity index (χ3n) is 5.58. The number of thioether (sulfide) groups is 1. The summed E-state index contributed by atoms with van der Waals surface area (Å²) >= 11 is 1.38. The first-order chi connectivity index (χ1) is 17.1. The smallest absolute Gasteiger partial charge is 0.233 e. The number of hydrogen-bond acceptors (Lipinski definition) is 6. The number of aryl methyl sites for hydroxylation is 1. The van der Waals surface area contributed by atoms with Crippen LogP contribution in [0.5, 0.6) is 5.75 Å². The molecule has 4 aromatic rings. The lowest BCUT2D eigenvalue weighted by atomic mass is 10.1. The second-order valence-electron chi connectivity index (χ2n) is 8.01. The Balaban J connectivity index is 1.52. The number of nitrogens with zero attached hydrogens (tertiary/aromatic N) is 5. The summed E-state index contributed by atoms with van der Waals surface area (Å²) in [4.78, 5) is 18.8. The molecule has 4 rings (SSSR count). The molecule has 35 heavy (non-hydrogen) atoms. The first kappa shape index (κ1) is 24.5. The molecule has 0 saturated heterocycles. The minimum atomic E-state index is 0.0290. The zero-order chi connectivity index (χ0) is 24.6. The number of rotatable bonds is 10. The SMILES string of the molecule is CCOc1ccc(-n2c(SCC(=O)N(C)Cc3ccc(CC)cc3)nnc2-c2ccncc2)cc1. The quantitative estimate of drug-likeness (QED) is 0.292. The Hall–Kier alpha value is -3.65. The van der Waals surface area contributed by atoms with E-state index in [-0.39, 0.29) is 11.7 Å². The monoisotopic (exact) mass is 487 g/mol. The molecule has 0 radical (unpaired) electrons. The van der Waals surface area contributed by atoms with Gasteiger partial charge in [0.05, 0.1) is 12.4 Å². The summed E-state index contributed by atoms with van der Waals surface area (Å²) in [6.07, 6.45) is 4.46. The lowest BCUT2D eigenvalue weighted by Crippen LogP contribution is -2.27. The fraction of sp³-hybridized carbons (Fsp3) is 0.259. The molecule has 0 atom stereocenters. The van der Waals surface area contributed by atoms with Crippen LogP contribution < -0.4 is 4.74 Å². The predicted molar refractivity (Wildman–Crippen MR) is 139 cm³/mol. The highest BCUT2D eigenvalue weighted by Gasteiger charge is 2.18. The number of ether oxygens (including phenoxy) is 1. The summed E-state index contributed by atoms with van der Waals surface area (Å²) in [6, 6.07) is 20.0. The lowest BCUT2D eigenvalue weighted by molar-refractivity contribution is -0.127. The van der Waals surface area contributed by atoms with E-state index in [1.54, 1.807) is 17.3 Å². The maximum absolute atomic E-state index is 12.9. The molecule has 0 unspecified atom stereocenters. The predicted octanol–water partition coefficient (Wildman–Crippen LogP) is 5.04. The summed E-state index contributed by atoms with van der Waals surface area (Å²) < 4.78 is 7.55. The van der Waals surface area contributed by atoms with E-state index < -0.39 is 0 Å².